The van der Waals surface area contributed by atoms with Crippen molar-refractivity contribution in [2.75, 3.05) is 25.0 Å². The third-order valence-electron chi connectivity index (χ3n) is 4.02. The predicted molar refractivity (Wildman–Crippen MR) is 76.1 cm³/mol. The second-order valence-corrected chi connectivity index (χ2v) is 5.54. The van der Waals surface area contributed by atoms with Crippen LogP contribution in [0, 0.1) is 5.92 Å². The number of hydrogen-bond donors (Lipinski definition) is 3. The Hall–Kier alpha value is -1.39. The van der Waals surface area contributed by atoms with Gasteiger partial charge in [-0.1, -0.05) is 12.1 Å². The monoisotopic (exact) mass is 259 g/mol. The fourth-order valence-electron chi connectivity index (χ4n) is 2.90. The van der Waals surface area contributed by atoms with Gasteiger partial charge in [-0.3, -0.25) is 4.79 Å². The second kappa shape index (κ2) is 5.72. The highest BCUT2D eigenvalue weighted by atomic mass is 16.1. The Morgan fingerprint density at radius 1 is 1.26 bits per heavy atom. The maximum atomic E-state index is 11.3. The van der Waals surface area contributed by atoms with Gasteiger partial charge in [0.25, 0.3) is 0 Å². The van der Waals surface area contributed by atoms with Crippen LogP contribution < -0.4 is 16.0 Å². The summed E-state index contributed by atoms with van der Waals surface area (Å²) < 4.78 is 0. The molecule has 0 atom stereocenters. The predicted octanol–water partition coefficient (Wildman–Crippen LogP) is 1.27. The molecule has 0 bridgehead atoms. The first-order valence-corrected chi connectivity index (χ1v) is 7.14. The SMILES string of the molecule is O=C1Cc2cc(CNCC3CCNCC3)ccc2N1. The normalized spacial score (nSPS) is 19.3. The van der Waals surface area contributed by atoms with Gasteiger partial charge in [-0.25, -0.2) is 0 Å². The number of rotatable bonds is 4. The molecule has 4 nitrogen and oxygen atoms in total. The molecule has 0 aromatic heterocycles. The number of fused-ring (bicyclic) bond motifs is 1. The van der Waals surface area contributed by atoms with E-state index in [0.29, 0.717) is 6.42 Å². The van der Waals surface area contributed by atoms with E-state index in [2.05, 4.69) is 28.1 Å². The van der Waals surface area contributed by atoms with Crippen molar-refractivity contribution in [1.29, 1.82) is 0 Å². The first-order valence-electron chi connectivity index (χ1n) is 7.14. The van der Waals surface area contributed by atoms with Crippen LogP contribution in [-0.4, -0.2) is 25.5 Å². The maximum absolute atomic E-state index is 11.3. The van der Waals surface area contributed by atoms with Gasteiger partial charge in [0, 0.05) is 12.2 Å². The number of nitrogens with one attached hydrogen (secondary N) is 3. The summed E-state index contributed by atoms with van der Waals surface area (Å²) in [6.07, 6.45) is 3.07. The molecular formula is C15H21N3O. The molecule has 102 valence electrons. The molecule has 2 aliphatic rings. The van der Waals surface area contributed by atoms with E-state index in [0.717, 1.165) is 43.3 Å². The minimum Gasteiger partial charge on any atom is -0.326 e. The lowest BCUT2D eigenvalue weighted by atomic mass is 9.98. The molecular weight excluding hydrogens is 238 g/mol. The average Bonchev–Trinajstić information content (AvgIpc) is 2.79. The highest BCUT2D eigenvalue weighted by molar-refractivity contribution is 5.99. The summed E-state index contributed by atoms with van der Waals surface area (Å²) in [5, 5.41) is 9.80. The molecule has 1 fully saturated rings. The third-order valence-corrected chi connectivity index (χ3v) is 4.02. The van der Waals surface area contributed by atoms with E-state index in [1.807, 2.05) is 6.07 Å². The summed E-state index contributed by atoms with van der Waals surface area (Å²) in [6.45, 7) is 4.29. The summed E-state index contributed by atoms with van der Waals surface area (Å²) in [7, 11) is 0. The molecule has 1 aromatic carbocycles. The molecule has 0 spiro atoms. The molecule has 19 heavy (non-hydrogen) atoms. The van der Waals surface area contributed by atoms with Crippen LogP contribution in [0.5, 0.6) is 0 Å². The molecule has 0 saturated carbocycles. The molecule has 3 N–H and O–H groups in total. The van der Waals surface area contributed by atoms with E-state index in [-0.39, 0.29) is 5.91 Å². The number of amides is 1. The van der Waals surface area contributed by atoms with Crippen molar-refractivity contribution >= 4 is 11.6 Å². The van der Waals surface area contributed by atoms with Crippen LogP contribution in [0.2, 0.25) is 0 Å². The highest BCUT2D eigenvalue weighted by Gasteiger charge is 2.17. The lowest BCUT2D eigenvalue weighted by Crippen LogP contribution is -2.33. The van der Waals surface area contributed by atoms with Crippen LogP contribution in [-0.2, 0) is 17.8 Å². The van der Waals surface area contributed by atoms with Gasteiger partial charge in [-0.05, 0) is 55.6 Å². The zero-order valence-corrected chi connectivity index (χ0v) is 11.2. The Balaban J connectivity index is 1.50. The molecule has 1 aromatic rings. The summed E-state index contributed by atoms with van der Waals surface area (Å²) in [6, 6.07) is 6.25. The largest absolute Gasteiger partial charge is 0.326 e. The van der Waals surface area contributed by atoms with Gasteiger partial charge >= 0.3 is 0 Å². The lowest BCUT2D eigenvalue weighted by Gasteiger charge is -2.22. The minimum absolute atomic E-state index is 0.106. The van der Waals surface area contributed by atoms with Crippen molar-refractivity contribution in [3.8, 4) is 0 Å². The average molecular weight is 259 g/mol. The zero-order chi connectivity index (χ0) is 13.1. The topological polar surface area (TPSA) is 53.2 Å². The fourth-order valence-corrected chi connectivity index (χ4v) is 2.90. The van der Waals surface area contributed by atoms with Crippen LogP contribution >= 0.6 is 0 Å². The van der Waals surface area contributed by atoms with E-state index in [1.165, 1.54) is 18.4 Å². The van der Waals surface area contributed by atoms with Crippen molar-refractivity contribution in [2.45, 2.75) is 25.8 Å². The summed E-state index contributed by atoms with van der Waals surface area (Å²) in [5.41, 5.74) is 3.38. The molecule has 1 amide bonds. The van der Waals surface area contributed by atoms with Gasteiger partial charge in [-0.2, -0.15) is 0 Å². The number of anilines is 1. The first kappa shape index (κ1) is 12.6. The van der Waals surface area contributed by atoms with Gasteiger partial charge in [-0.15, -0.1) is 0 Å². The smallest absolute Gasteiger partial charge is 0.228 e. The Bertz CT molecular complexity index is 466. The zero-order valence-electron chi connectivity index (χ0n) is 11.2. The molecule has 0 aliphatic carbocycles. The maximum Gasteiger partial charge on any atom is 0.228 e. The van der Waals surface area contributed by atoms with Gasteiger partial charge in [0.1, 0.15) is 0 Å². The van der Waals surface area contributed by atoms with E-state index in [9.17, 15) is 4.79 Å². The van der Waals surface area contributed by atoms with E-state index in [1.54, 1.807) is 0 Å². The van der Waals surface area contributed by atoms with Crippen LogP contribution in [0.15, 0.2) is 18.2 Å². The molecule has 0 radical (unpaired) electrons. The van der Waals surface area contributed by atoms with E-state index in [4.69, 9.17) is 0 Å². The van der Waals surface area contributed by atoms with E-state index >= 15 is 0 Å². The Morgan fingerprint density at radius 3 is 2.95 bits per heavy atom. The number of carbonyl (C=O) groups is 1. The Labute approximate surface area is 114 Å². The number of hydrogen-bond acceptors (Lipinski definition) is 3. The van der Waals surface area contributed by atoms with Crippen LogP contribution in [0.1, 0.15) is 24.0 Å². The Kier molecular flexibility index (Phi) is 3.80. The minimum atomic E-state index is 0.106. The van der Waals surface area contributed by atoms with Gasteiger partial charge in [0.15, 0.2) is 0 Å². The standard InChI is InChI=1S/C15H21N3O/c19-15-8-13-7-12(1-2-14(13)18-15)10-17-9-11-3-5-16-6-4-11/h1-2,7,11,16-17H,3-6,8-10H2,(H,18,19). The molecule has 3 rings (SSSR count). The van der Waals surface area contributed by atoms with Gasteiger partial charge in [0.2, 0.25) is 5.91 Å². The Morgan fingerprint density at radius 2 is 2.11 bits per heavy atom. The second-order valence-electron chi connectivity index (χ2n) is 5.54. The van der Waals surface area contributed by atoms with Crippen LogP contribution in [0.3, 0.4) is 0 Å². The van der Waals surface area contributed by atoms with Crippen LogP contribution in [0.4, 0.5) is 5.69 Å². The van der Waals surface area contributed by atoms with Crippen molar-refractivity contribution in [3.05, 3.63) is 29.3 Å². The first-order chi connectivity index (χ1) is 9.31. The number of carbonyl (C=O) groups excluding carboxylic acids is 1. The van der Waals surface area contributed by atoms with Gasteiger partial charge in [0.05, 0.1) is 6.42 Å². The van der Waals surface area contributed by atoms with Crippen molar-refractivity contribution in [1.82, 2.24) is 10.6 Å². The summed E-state index contributed by atoms with van der Waals surface area (Å²) in [5.74, 6) is 0.911. The highest BCUT2D eigenvalue weighted by Crippen LogP contribution is 2.23. The number of benzene rings is 1. The lowest BCUT2D eigenvalue weighted by molar-refractivity contribution is -0.115. The van der Waals surface area contributed by atoms with Crippen LogP contribution in [0.25, 0.3) is 0 Å². The van der Waals surface area contributed by atoms with Crippen molar-refractivity contribution < 1.29 is 4.79 Å². The molecule has 2 aliphatic heterocycles. The van der Waals surface area contributed by atoms with Crippen molar-refractivity contribution in [3.63, 3.8) is 0 Å². The summed E-state index contributed by atoms with van der Waals surface area (Å²) in [4.78, 5) is 11.3. The fraction of sp³-hybridized carbons (Fsp3) is 0.533. The summed E-state index contributed by atoms with van der Waals surface area (Å²) >= 11 is 0. The van der Waals surface area contributed by atoms with Crippen molar-refractivity contribution in [2.24, 2.45) is 5.92 Å². The molecule has 2 heterocycles. The molecule has 1 saturated heterocycles. The molecule has 4 heteroatoms. The van der Waals surface area contributed by atoms with Gasteiger partial charge < -0.3 is 16.0 Å². The third kappa shape index (κ3) is 3.14. The quantitative estimate of drug-likeness (QED) is 0.763. The number of piperidine rings is 1. The molecule has 0 unspecified atom stereocenters. The van der Waals surface area contributed by atoms with E-state index < -0.39 is 0 Å².